The second-order valence-electron chi connectivity index (χ2n) is 3.56. The topological polar surface area (TPSA) is 45.7 Å². The molecule has 0 unspecified atom stereocenters. The molecule has 0 aliphatic heterocycles. The lowest BCUT2D eigenvalue weighted by molar-refractivity contribution is 0.0782. The van der Waals surface area contributed by atoms with Crippen LogP contribution in [0, 0.1) is 0 Å². The smallest absolute Gasteiger partial charge is 0.191 e. The van der Waals surface area contributed by atoms with Crippen LogP contribution in [0.25, 0.3) is 0 Å². The minimum absolute atomic E-state index is 0.316. The number of hydrogen-bond acceptors (Lipinski definition) is 2. The largest absolute Gasteiger partial charge is 0.379 e. The molecule has 4 nitrogen and oxygen atoms in total. The summed E-state index contributed by atoms with van der Waals surface area (Å²) in [6, 6.07) is 0. The van der Waals surface area contributed by atoms with E-state index in [2.05, 4.69) is 29.5 Å². The number of nitrogens with one attached hydrogen (secondary N) is 2. The van der Waals surface area contributed by atoms with Gasteiger partial charge in [0.05, 0.1) is 6.10 Å². The lowest BCUT2D eigenvalue weighted by Crippen LogP contribution is -2.37. The Kier molecular flexibility index (Phi) is 9.27. The molecule has 0 spiro atoms. The third kappa shape index (κ3) is 9.53. The zero-order chi connectivity index (χ0) is 11.5. The molecular weight excluding hydrogens is 190 g/mol. The van der Waals surface area contributed by atoms with Crippen LogP contribution in [0.1, 0.15) is 34.1 Å². The molecular formula is C11H25N3O. The van der Waals surface area contributed by atoms with Crippen molar-refractivity contribution in [1.82, 2.24) is 10.6 Å². The second kappa shape index (κ2) is 9.77. The predicted molar refractivity (Wildman–Crippen MR) is 65.4 cm³/mol. The Morgan fingerprint density at radius 1 is 1.20 bits per heavy atom. The van der Waals surface area contributed by atoms with Crippen molar-refractivity contribution in [2.24, 2.45) is 4.99 Å². The van der Waals surface area contributed by atoms with Gasteiger partial charge in [-0.05, 0) is 34.1 Å². The van der Waals surface area contributed by atoms with Gasteiger partial charge >= 0.3 is 0 Å². The number of hydrogen-bond donors (Lipinski definition) is 2. The summed E-state index contributed by atoms with van der Waals surface area (Å²) in [7, 11) is 0. The van der Waals surface area contributed by atoms with Gasteiger partial charge in [0, 0.05) is 26.2 Å². The first-order chi connectivity index (χ1) is 7.20. The van der Waals surface area contributed by atoms with Crippen LogP contribution in [-0.4, -0.2) is 38.3 Å². The van der Waals surface area contributed by atoms with E-state index in [9.17, 15) is 0 Å². The molecule has 0 saturated heterocycles. The summed E-state index contributed by atoms with van der Waals surface area (Å²) >= 11 is 0. The maximum atomic E-state index is 5.43. The van der Waals surface area contributed by atoms with Gasteiger partial charge in [-0.1, -0.05) is 0 Å². The first-order valence-corrected chi connectivity index (χ1v) is 5.84. The average molecular weight is 215 g/mol. The van der Waals surface area contributed by atoms with Gasteiger partial charge in [0.25, 0.3) is 0 Å². The van der Waals surface area contributed by atoms with Gasteiger partial charge in [-0.3, -0.25) is 4.99 Å². The molecule has 4 heteroatoms. The normalized spacial score (nSPS) is 10.2. The van der Waals surface area contributed by atoms with Crippen molar-refractivity contribution < 1.29 is 4.74 Å². The summed E-state index contributed by atoms with van der Waals surface area (Å²) in [5, 5.41) is 6.36. The van der Waals surface area contributed by atoms with E-state index >= 15 is 0 Å². The van der Waals surface area contributed by atoms with Crippen molar-refractivity contribution in [2.45, 2.75) is 40.2 Å². The lowest BCUT2D eigenvalue weighted by Gasteiger charge is -2.09. The van der Waals surface area contributed by atoms with Crippen LogP contribution < -0.4 is 10.6 Å². The molecule has 15 heavy (non-hydrogen) atoms. The molecule has 0 aliphatic carbocycles. The molecule has 0 fully saturated rings. The van der Waals surface area contributed by atoms with Crippen LogP contribution in [0.3, 0.4) is 0 Å². The fraction of sp³-hybridized carbons (Fsp3) is 0.909. The number of rotatable bonds is 7. The number of guanidine groups is 1. The van der Waals surface area contributed by atoms with Gasteiger partial charge in [0.1, 0.15) is 0 Å². The van der Waals surface area contributed by atoms with Crippen LogP contribution in [0.15, 0.2) is 4.99 Å². The average Bonchev–Trinajstić information content (AvgIpc) is 2.17. The molecule has 0 bridgehead atoms. The third-order valence-corrected chi connectivity index (χ3v) is 1.71. The number of nitrogens with zero attached hydrogens (tertiary/aromatic N) is 1. The highest BCUT2D eigenvalue weighted by molar-refractivity contribution is 5.79. The minimum Gasteiger partial charge on any atom is -0.379 e. The predicted octanol–water partition coefficient (Wildman–Crippen LogP) is 1.38. The van der Waals surface area contributed by atoms with E-state index in [-0.39, 0.29) is 0 Å². The summed E-state index contributed by atoms with van der Waals surface area (Å²) in [6.07, 6.45) is 1.29. The number of aliphatic imine (C=N–C) groups is 1. The van der Waals surface area contributed by atoms with E-state index in [1.807, 2.05) is 13.8 Å². The molecule has 0 aromatic rings. The zero-order valence-corrected chi connectivity index (χ0v) is 10.5. The Morgan fingerprint density at radius 2 is 1.80 bits per heavy atom. The molecule has 90 valence electrons. The van der Waals surface area contributed by atoms with Crippen molar-refractivity contribution >= 4 is 5.96 Å². The molecule has 0 rings (SSSR count). The first kappa shape index (κ1) is 14.2. The molecule has 0 radical (unpaired) electrons. The fourth-order valence-electron chi connectivity index (χ4n) is 1.08. The summed E-state index contributed by atoms with van der Waals surface area (Å²) in [5.41, 5.74) is 0. The van der Waals surface area contributed by atoms with Crippen LogP contribution in [0.4, 0.5) is 0 Å². The Balaban J connectivity index is 3.59. The Hall–Kier alpha value is -0.770. The Labute approximate surface area is 93.5 Å². The van der Waals surface area contributed by atoms with E-state index in [4.69, 9.17) is 4.74 Å². The molecule has 0 saturated carbocycles. The Bertz CT molecular complexity index is 161. The molecule has 0 heterocycles. The van der Waals surface area contributed by atoms with E-state index in [1.54, 1.807) is 0 Å². The number of ether oxygens (including phenoxy) is 1. The summed E-state index contributed by atoms with van der Waals surface area (Å²) in [5.74, 6) is 0.893. The molecule has 0 atom stereocenters. The van der Waals surface area contributed by atoms with E-state index < -0.39 is 0 Å². The van der Waals surface area contributed by atoms with Gasteiger partial charge in [-0.25, -0.2) is 0 Å². The maximum Gasteiger partial charge on any atom is 0.191 e. The van der Waals surface area contributed by atoms with E-state index in [0.29, 0.717) is 6.10 Å². The third-order valence-electron chi connectivity index (χ3n) is 1.71. The van der Waals surface area contributed by atoms with Crippen LogP contribution >= 0.6 is 0 Å². The van der Waals surface area contributed by atoms with E-state index in [0.717, 1.165) is 38.6 Å². The highest BCUT2D eigenvalue weighted by Crippen LogP contribution is 1.90. The van der Waals surface area contributed by atoms with Crippen LogP contribution in [-0.2, 0) is 4.74 Å². The summed E-state index contributed by atoms with van der Waals surface area (Å²) < 4.78 is 5.43. The molecule has 0 amide bonds. The Morgan fingerprint density at radius 3 is 2.27 bits per heavy atom. The van der Waals surface area contributed by atoms with E-state index in [1.165, 1.54) is 0 Å². The van der Waals surface area contributed by atoms with Gasteiger partial charge in [-0.15, -0.1) is 0 Å². The zero-order valence-electron chi connectivity index (χ0n) is 10.5. The SMILES string of the molecule is CCNC(=NCCCOC(C)C)NCC. The second-order valence-corrected chi connectivity index (χ2v) is 3.56. The lowest BCUT2D eigenvalue weighted by atomic mass is 10.4. The van der Waals surface area contributed by atoms with Gasteiger partial charge in [0.2, 0.25) is 0 Å². The van der Waals surface area contributed by atoms with Crippen LogP contribution in [0.2, 0.25) is 0 Å². The highest BCUT2D eigenvalue weighted by Gasteiger charge is 1.95. The first-order valence-electron chi connectivity index (χ1n) is 5.84. The van der Waals surface area contributed by atoms with Gasteiger partial charge in [0.15, 0.2) is 5.96 Å². The van der Waals surface area contributed by atoms with Crippen LogP contribution in [0.5, 0.6) is 0 Å². The van der Waals surface area contributed by atoms with Crippen molar-refractivity contribution in [3.05, 3.63) is 0 Å². The minimum atomic E-state index is 0.316. The van der Waals surface area contributed by atoms with Crippen molar-refractivity contribution in [1.29, 1.82) is 0 Å². The fourth-order valence-corrected chi connectivity index (χ4v) is 1.08. The maximum absolute atomic E-state index is 5.43. The summed E-state index contributed by atoms with van der Waals surface area (Å²) in [4.78, 5) is 4.41. The summed E-state index contributed by atoms with van der Waals surface area (Å²) in [6.45, 7) is 11.6. The quantitative estimate of drug-likeness (QED) is 0.383. The highest BCUT2D eigenvalue weighted by atomic mass is 16.5. The molecule has 2 N–H and O–H groups in total. The van der Waals surface area contributed by atoms with Crippen molar-refractivity contribution in [3.8, 4) is 0 Å². The van der Waals surface area contributed by atoms with Crippen molar-refractivity contribution in [2.75, 3.05) is 26.2 Å². The molecule has 0 aromatic heterocycles. The van der Waals surface area contributed by atoms with Gasteiger partial charge in [-0.2, -0.15) is 0 Å². The monoisotopic (exact) mass is 215 g/mol. The standard InChI is InChI=1S/C11H25N3O/c1-5-12-11(13-6-2)14-8-7-9-15-10(3)4/h10H,5-9H2,1-4H3,(H2,12,13,14). The molecule has 0 aliphatic rings. The van der Waals surface area contributed by atoms with Gasteiger partial charge < -0.3 is 15.4 Å². The molecule has 0 aromatic carbocycles. The van der Waals surface area contributed by atoms with Crippen molar-refractivity contribution in [3.63, 3.8) is 0 Å².